The third kappa shape index (κ3) is 3.56. The minimum Gasteiger partial charge on any atom is -0.441 e. The normalized spacial score (nSPS) is 10.2. The number of carbonyl (C=O) groups is 1. The maximum Gasteiger partial charge on any atom is 0.319 e. The van der Waals surface area contributed by atoms with Crippen LogP contribution in [0, 0.1) is 6.92 Å². The molecule has 2 amide bonds. The fourth-order valence-corrected chi connectivity index (χ4v) is 1.56. The van der Waals surface area contributed by atoms with E-state index >= 15 is 0 Å². The molecule has 6 nitrogen and oxygen atoms in total. The maximum atomic E-state index is 11.5. The first-order valence-corrected chi connectivity index (χ1v) is 5.87. The molecule has 0 unspecified atom stereocenters. The zero-order chi connectivity index (χ0) is 13.7. The Balaban J connectivity index is 2.09. The van der Waals surface area contributed by atoms with Gasteiger partial charge in [0, 0.05) is 17.8 Å². The number of urea groups is 1. The number of aryl methyl sites for hydroxylation is 1. The highest BCUT2D eigenvalue weighted by Gasteiger charge is 2.06. The van der Waals surface area contributed by atoms with Crippen molar-refractivity contribution in [1.82, 2.24) is 10.3 Å². The molecule has 2 rings (SSSR count). The van der Waals surface area contributed by atoms with Crippen molar-refractivity contribution in [2.45, 2.75) is 6.92 Å². The molecule has 6 heteroatoms. The van der Waals surface area contributed by atoms with Gasteiger partial charge in [0.15, 0.2) is 0 Å². The summed E-state index contributed by atoms with van der Waals surface area (Å²) in [6, 6.07) is 6.81. The Morgan fingerprint density at radius 2 is 2.32 bits per heavy atom. The standard InChI is InChI=1S/C13H15N3O3/c1-9-8-15-12(19-9)10-3-2-4-11(7-10)16-13(18)14-5-6-17/h2-4,7-8,17H,5-6H2,1H3,(H2,14,16,18). The van der Waals surface area contributed by atoms with Crippen LogP contribution < -0.4 is 10.6 Å². The fourth-order valence-electron chi connectivity index (χ4n) is 1.56. The minimum atomic E-state index is -0.366. The van der Waals surface area contributed by atoms with Crippen LogP contribution in [0.1, 0.15) is 5.76 Å². The Kier molecular flexibility index (Phi) is 4.15. The summed E-state index contributed by atoms with van der Waals surface area (Å²) in [6.45, 7) is 1.94. The molecule has 0 atom stereocenters. The van der Waals surface area contributed by atoms with Crippen molar-refractivity contribution in [2.24, 2.45) is 0 Å². The topological polar surface area (TPSA) is 87.4 Å². The summed E-state index contributed by atoms with van der Waals surface area (Å²) in [6.07, 6.45) is 1.64. The van der Waals surface area contributed by atoms with Crippen LogP contribution in [0.25, 0.3) is 11.5 Å². The molecule has 0 aliphatic heterocycles. The molecule has 100 valence electrons. The number of hydrogen-bond acceptors (Lipinski definition) is 4. The molecule has 0 saturated heterocycles. The van der Waals surface area contributed by atoms with E-state index in [2.05, 4.69) is 15.6 Å². The number of carbonyl (C=O) groups excluding carboxylic acids is 1. The van der Waals surface area contributed by atoms with Gasteiger partial charge in [-0.15, -0.1) is 0 Å². The monoisotopic (exact) mass is 261 g/mol. The Morgan fingerprint density at radius 1 is 1.47 bits per heavy atom. The van der Waals surface area contributed by atoms with Crippen molar-refractivity contribution in [3.63, 3.8) is 0 Å². The highest BCUT2D eigenvalue weighted by atomic mass is 16.4. The van der Waals surface area contributed by atoms with Crippen LogP contribution in [0.4, 0.5) is 10.5 Å². The number of aliphatic hydroxyl groups excluding tert-OH is 1. The number of nitrogens with one attached hydrogen (secondary N) is 2. The molecule has 1 heterocycles. The van der Waals surface area contributed by atoms with E-state index in [1.165, 1.54) is 0 Å². The SMILES string of the molecule is Cc1cnc(-c2cccc(NC(=O)NCCO)c2)o1. The van der Waals surface area contributed by atoms with Gasteiger partial charge in [-0.25, -0.2) is 9.78 Å². The molecule has 0 aliphatic carbocycles. The van der Waals surface area contributed by atoms with Crippen molar-refractivity contribution in [1.29, 1.82) is 0 Å². The maximum absolute atomic E-state index is 11.5. The van der Waals surface area contributed by atoms with Crippen LogP contribution in [0.5, 0.6) is 0 Å². The van der Waals surface area contributed by atoms with Crippen molar-refractivity contribution in [2.75, 3.05) is 18.5 Å². The van der Waals surface area contributed by atoms with Crippen molar-refractivity contribution in [3.05, 3.63) is 36.2 Å². The second kappa shape index (κ2) is 6.01. The largest absolute Gasteiger partial charge is 0.441 e. The summed E-state index contributed by atoms with van der Waals surface area (Å²) < 4.78 is 5.42. The molecule has 0 radical (unpaired) electrons. The highest BCUT2D eigenvalue weighted by Crippen LogP contribution is 2.22. The number of amides is 2. The van der Waals surface area contributed by atoms with Gasteiger partial charge in [0.2, 0.25) is 5.89 Å². The van der Waals surface area contributed by atoms with Gasteiger partial charge in [-0.05, 0) is 25.1 Å². The van der Waals surface area contributed by atoms with E-state index in [-0.39, 0.29) is 19.2 Å². The predicted octanol–water partition coefficient (Wildman–Crippen LogP) is 1.76. The molecular weight excluding hydrogens is 246 g/mol. The van der Waals surface area contributed by atoms with E-state index in [9.17, 15) is 4.79 Å². The zero-order valence-corrected chi connectivity index (χ0v) is 10.5. The Morgan fingerprint density at radius 3 is 3.00 bits per heavy atom. The van der Waals surface area contributed by atoms with Gasteiger partial charge in [0.25, 0.3) is 0 Å². The van der Waals surface area contributed by atoms with Crippen molar-refractivity contribution >= 4 is 11.7 Å². The summed E-state index contributed by atoms with van der Waals surface area (Å²) in [4.78, 5) is 15.6. The summed E-state index contributed by atoms with van der Waals surface area (Å²) in [5.41, 5.74) is 1.41. The molecule has 0 spiro atoms. The lowest BCUT2D eigenvalue weighted by Crippen LogP contribution is -2.30. The molecule has 19 heavy (non-hydrogen) atoms. The lowest BCUT2D eigenvalue weighted by Gasteiger charge is -2.07. The van der Waals surface area contributed by atoms with Crippen LogP contribution in [-0.4, -0.2) is 29.3 Å². The number of rotatable bonds is 4. The van der Waals surface area contributed by atoms with E-state index < -0.39 is 0 Å². The molecule has 0 aliphatic rings. The van der Waals surface area contributed by atoms with Crippen molar-refractivity contribution in [3.8, 4) is 11.5 Å². The molecule has 2 aromatic rings. The van der Waals surface area contributed by atoms with Crippen LogP contribution in [0.15, 0.2) is 34.9 Å². The summed E-state index contributed by atoms with van der Waals surface area (Å²) in [5.74, 6) is 1.24. The van der Waals surface area contributed by atoms with Gasteiger partial charge in [0.1, 0.15) is 5.76 Å². The molecule has 1 aromatic heterocycles. The number of oxazole rings is 1. The van der Waals surface area contributed by atoms with Crippen LogP contribution in [0.3, 0.4) is 0 Å². The van der Waals surface area contributed by atoms with Gasteiger partial charge in [-0.1, -0.05) is 6.07 Å². The summed E-state index contributed by atoms with van der Waals surface area (Å²) in [5, 5.41) is 13.8. The predicted molar refractivity (Wildman–Crippen MR) is 70.8 cm³/mol. The molecule has 1 aromatic carbocycles. The summed E-state index contributed by atoms with van der Waals surface area (Å²) >= 11 is 0. The Labute approximate surface area is 110 Å². The Hall–Kier alpha value is -2.34. The number of benzene rings is 1. The van der Waals surface area contributed by atoms with E-state index in [1.807, 2.05) is 13.0 Å². The smallest absolute Gasteiger partial charge is 0.319 e. The summed E-state index contributed by atoms with van der Waals surface area (Å²) in [7, 11) is 0. The second-order valence-corrected chi connectivity index (χ2v) is 3.96. The third-order valence-corrected chi connectivity index (χ3v) is 2.39. The number of aromatic nitrogens is 1. The van der Waals surface area contributed by atoms with E-state index in [0.29, 0.717) is 11.6 Å². The zero-order valence-electron chi connectivity index (χ0n) is 10.5. The van der Waals surface area contributed by atoms with Gasteiger partial charge in [-0.3, -0.25) is 0 Å². The first kappa shape index (κ1) is 13.1. The van der Waals surface area contributed by atoms with Gasteiger partial charge in [-0.2, -0.15) is 0 Å². The van der Waals surface area contributed by atoms with E-state index in [0.717, 1.165) is 11.3 Å². The first-order valence-electron chi connectivity index (χ1n) is 5.87. The minimum absolute atomic E-state index is 0.0942. The molecule has 0 saturated carbocycles. The number of nitrogens with zero attached hydrogens (tertiary/aromatic N) is 1. The van der Waals surface area contributed by atoms with Crippen LogP contribution >= 0.6 is 0 Å². The second-order valence-electron chi connectivity index (χ2n) is 3.96. The van der Waals surface area contributed by atoms with Gasteiger partial charge >= 0.3 is 6.03 Å². The van der Waals surface area contributed by atoms with E-state index in [1.54, 1.807) is 24.4 Å². The van der Waals surface area contributed by atoms with Crippen molar-refractivity contribution < 1.29 is 14.3 Å². The quantitative estimate of drug-likeness (QED) is 0.782. The number of anilines is 1. The first-order chi connectivity index (χ1) is 9.19. The number of hydrogen-bond donors (Lipinski definition) is 3. The average Bonchev–Trinajstić information content (AvgIpc) is 2.83. The third-order valence-electron chi connectivity index (χ3n) is 2.39. The molecule has 3 N–H and O–H groups in total. The molecular formula is C13H15N3O3. The average molecular weight is 261 g/mol. The Bertz CT molecular complexity index is 566. The fraction of sp³-hybridized carbons (Fsp3) is 0.231. The van der Waals surface area contributed by atoms with E-state index in [4.69, 9.17) is 9.52 Å². The molecule has 0 fully saturated rings. The van der Waals surface area contributed by atoms with Crippen LogP contribution in [0.2, 0.25) is 0 Å². The van der Waals surface area contributed by atoms with Gasteiger partial charge in [0.05, 0.1) is 12.8 Å². The number of aliphatic hydroxyl groups is 1. The molecule has 0 bridgehead atoms. The lowest BCUT2D eigenvalue weighted by atomic mass is 10.2. The van der Waals surface area contributed by atoms with Crippen LogP contribution in [-0.2, 0) is 0 Å². The lowest BCUT2D eigenvalue weighted by molar-refractivity contribution is 0.245. The van der Waals surface area contributed by atoms with Gasteiger partial charge < -0.3 is 20.2 Å². The highest BCUT2D eigenvalue weighted by molar-refractivity contribution is 5.89.